The minimum atomic E-state index is -0.747. The lowest BCUT2D eigenvalue weighted by Gasteiger charge is -2.14. The van der Waals surface area contributed by atoms with Crippen molar-refractivity contribution in [2.24, 2.45) is 5.92 Å². The highest BCUT2D eigenvalue weighted by atomic mass is 16.5. The number of hydrogen-bond donors (Lipinski definition) is 1. The van der Waals surface area contributed by atoms with Gasteiger partial charge in [-0.2, -0.15) is 0 Å². The van der Waals surface area contributed by atoms with Crippen LogP contribution in [0.4, 0.5) is 0 Å². The van der Waals surface area contributed by atoms with Gasteiger partial charge in [-0.25, -0.2) is 0 Å². The lowest BCUT2D eigenvalue weighted by atomic mass is 9.94. The summed E-state index contributed by atoms with van der Waals surface area (Å²) < 4.78 is 10.2. The van der Waals surface area contributed by atoms with Crippen LogP contribution in [0.25, 0.3) is 0 Å². The summed E-state index contributed by atoms with van der Waals surface area (Å²) in [6.07, 6.45) is 2.93. The van der Waals surface area contributed by atoms with E-state index in [0.717, 1.165) is 24.2 Å². The third-order valence-electron chi connectivity index (χ3n) is 3.16. The van der Waals surface area contributed by atoms with Crippen molar-refractivity contribution in [1.82, 2.24) is 0 Å². The summed E-state index contributed by atoms with van der Waals surface area (Å²) in [7, 11) is 3.26. The van der Waals surface area contributed by atoms with Gasteiger partial charge < -0.3 is 14.6 Å². The average molecular weight is 266 g/mol. The largest absolute Gasteiger partial charge is 0.496 e. The van der Waals surface area contributed by atoms with Crippen molar-refractivity contribution in [1.29, 1.82) is 0 Å². The monoisotopic (exact) mass is 266 g/mol. The number of carboxylic acid groups (broad SMARTS) is 1. The van der Waals surface area contributed by atoms with Crippen LogP contribution in [-0.4, -0.2) is 31.9 Å². The Hall–Kier alpha value is -1.55. The van der Waals surface area contributed by atoms with Gasteiger partial charge in [0.1, 0.15) is 5.75 Å². The smallest absolute Gasteiger partial charge is 0.306 e. The molecule has 106 valence electrons. The molecule has 0 spiro atoms. The van der Waals surface area contributed by atoms with Gasteiger partial charge in [-0.1, -0.05) is 24.6 Å². The van der Waals surface area contributed by atoms with E-state index in [2.05, 4.69) is 0 Å². The highest BCUT2D eigenvalue weighted by Crippen LogP contribution is 2.23. The molecule has 0 fully saturated rings. The first kappa shape index (κ1) is 15.5. The second-order valence-electron chi connectivity index (χ2n) is 4.54. The Kier molecular flexibility index (Phi) is 6.97. The van der Waals surface area contributed by atoms with Crippen molar-refractivity contribution in [3.63, 3.8) is 0 Å². The number of methoxy groups -OCH3 is 2. The molecule has 0 heterocycles. The summed E-state index contributed by atoms with van der Waals surface area (Å²) in [5.41, 5.74) is 0.948. The molecule has 1 N–H and O–H groups in total. The van der Waals surface area contributed by atoms with E-state index < -0.39 is 5.97 Å². The number of carbonyl (C=O) groups is 1. The Morgan fingerprint density at radius 2 is 2.00 bits per heavy atom. The molecule has 1 atom stereocenters. The maximum atomic E-state index is 11.3. The summed E-state index contributed by atoms with van der Waals surface area (Å²) in [5.74, 6) is -0.359. The lowest BCUT2D eigenvalue weighted by Crippen LogP contribution is -2.17. The third-order valence-corrected chi connectivity index (χ3v) is 3.16. The van der Waals surface area contributed by atoms with Gasteiger partial charge in [0.2, 0.25) is 0 Å². The first-order valence-electron chi connectivity index (χ1n) is 6.52. The van der Waals surface area contributed by atoms with Gasteiger partial charge in [-0.15, -0.1) is 0 Å². The highest BCUT2D eigenvalue weighted by Gasteiger charge is 2.19. The zero-order valence-electron chi connectivity index (χ0n) is 11.6. The SMILES string of the molecule is COCCCCC(Cc1ccccc1OC)C(=O)O. The number of rotatable bonds is 9. The Balaban J connectivity index is 2.60. The van der Waals surface area contributed by atoms with Crippen molar-refractivity contribution in [2.45, 2.75) is 25.7 Å². The fourth-order valence-electron chi connectivity index (χ4n) is 2.09. The summed E-state index contributed by atoms with van der Waals surface area (Å²) in [4.78, 5) is 11.3. The molecule has 1 unspecified atom stereocenters. The van der Waals surface area contributed by atoms with E-state index in [1.807, 2.05) is 24.3 Å². The van der Waals surface area contributed by atoms with E-state index in [-0.39, 0.29) is 5.92 Å². The number of unbranched alkanes of at least 4 members (excludes halogenated alkanes) is 1. The van der Waals surface area contributed by atoms with Gasteiger partial charge in [0.15, 0.2) is 0 Å². The van der Waals surface area contributed by atoms with E-state index in [9.17, 15) is 9.90 Å². The van der Waals surface area contributed by atoms with Crippen molar-refractivity contribution in [3.8, 4) is 5.75 Å². The molecule has 0 bridgehead atoms. The zero-order chi connectivity index (χ0) is 14.1. The minimum absolute atomic E-state index is 0.367. The molecule has 0 aliphatic heterocycles. The maximum Gasteiger partial charge on any atom is 0.306 e. The summed E-state index contributed by atoms with van der Waals surface area (Å²) in [5, 5.41) is 9.28. The molecule has 0 amide bonds. The predicted octanol–water partition coefficient (Wildman–Crippen LogP) is 2.76. The number of hydrogen-bond acceptors (Lipinski definition) is 3. The lowest BCUT2D eigenvalue weighted by molar-refractivity contribution is -0.142. The molecule has 1 aromatic carbocycles. The van der Waals surface area contributed by atoms with Crippen LogP contribution in [0.5, 0.6) is 5.75 Å². The molecular formula is C15H22O4. The predicted molar refractivity (Wildman–Crippen MR) is 73.6 cm³/mol. The Morgan fingerprint density at radius 1 is 1.26 bits per heavy atom. The van der Waals surface area contributed by atoms with Gasteiger partial charge >= 0.3 is 5.97 Å². The molecule has 1 aromatic rings. The number of carboxylic acids is 1. The van der Waals surface area contributed by atoms with Crippen molar-refractivity contribution in [2.75, 3.05) is 20.8 Å². The number of para-hydroxylation sites is 1. The van der Waals surface area contributed by atoms with Crippen molar-refractivity contribution >= 4 is 5.97 Å². The van der Waals surface area contributed by atoms with E-state index in [4.69, 9.17) is 9.47 Å². The molecule has 0 saturated heterocycles. The Labute approximate surface area is 114 Å². The van der Waals surface area contributed by atoms with Crippen LogP contribution < -0.4 is 4.74 Å². The van der Waals surface area contributed by atoms with Crippen molar-refractivity contribution in [3.05, 3.63) is 29.8 Å². The average Bonchev–Trinajstić information content (AvgIpc) is 2.42. The van der Waals surface area contributed by atoms with Gasteiger partial charge in [-0.3, -0.25) is 4.79 Å². The third kappa shape index (κ3) is 5.30. The minimum Gasteiger partial charge on any atom is -0.496 e. The van der Waals surface area contributed by atoms with Crippen LogP contribution in [0.3, 0.4) is 0 Å². The number of ether oxygens (including phenoxy) is 2. The second kappa shape index (κ2) is 8.53. The summed E-state index contributed by atoms with van der Waals surface area (Å²) in [6.45, 7) is 0.682. The van der Waals surface area contributed by atoms with Crippen LogP contribution in [0.1, 0.15) is 24.8 Å². The second-order valence-corrected chi connectivity index (χ2v) is 4.54. The van der Waals surface area contributed by atoms with Gasteiger partial charge in [0.25, 0.3) is 0 Å². The van der Waals surface area contributed by atoms with E-state index >= 15 is 0 Å². The summed E-state index contributed by atoms with van der Waals surface area (Å²) in [6, 6.07) is 7.57. The molecule has 0 saturated carbocycles. The normalized spacial score (nSPS) is 12.1. The van der Waals surface area contributed by atoms with Crippen LogP contribution in [0.15, 0.2) is 24.3 Å². The number of benzene rings is 1. The molecule has 0 radical (unpaired) electrons. The molecule has 0 aromatic heterocycles. The van der Waals surface area contributed by atoms with Crippen LogP contribution in [0.2, 0.25) is 0 Å². The first-order chi connectivity index (χ1) is 9.19. The zero-order valence-corrected chi connectivity index (χ0v) is 11.6. The molecule has 0 aliphatic rings. The Bertz CT molecular complexity index is 389. The molecule has 1 rings (SSSR count). The van der Waals surface area contributed by atoms with Gasteiger partial charge in [0, 0.05) is 13.7 Å². The molecule has 4 nitrogen and oxygen atoms in total. The fraction of sp³-hybridized carbons (Fsp3) is 0.533. The molecule has 19 heavy (non-hydrogen) atoms. The van der Waals surface area contributed by atoms with Crippen LogP contribution >= 0.6 is 0 Å². The van der Waals surface area contributed by atoms with Crippen molar-refractivity contribution < 1.29 is 19.4 Å². The van der Waals surface area contributed by atoms with E-state index in [1.165, 1.54) is 0 Å². The van der Waals surface area contributed by atoms with E-state index in [1.54, 1.807) is 14.2 Å². The Morgan fingerprint density at radius 3 is 2.63 bits per heavy atom. The fourth-order valence-corrected chi connectivity index (χ4v) is 2.09. The quantitative estimate of drug-likeness (QED) is 0.698. The van der Waals surface area contributed by atoms with E-state index in [0.29, 0.717) is 19.4 Å². The maximum absolute atomic E-state index is 11.3. The molecule has 0 aliphatic carbocycles. The first-order valence-corrected chi connectivity index (χ1v) is 6.52. The van der Waals surface area contributed by atoms with Gasteiger partial charge in [0.05, 0.1) is 13.0 Å². The topological polar surface area (TPSA) is 55.8 Å². The molecule has 4 heteroatoms. The van der Waals surface area contributed by atoms with Crippen LogP contribution in [-0.2, 0) is 16.0 Å². The van der Waals surface area contributed by atoms with Crippen LogP contribution in [0, 0.1) is 5.92 Å². The van der Waals surface area contributed by atoms with Gasteiger partial charge in [-0.05, 0) is 30.9 Å². The standard InChI is InChI=1S/C15H22O4/c1-18-10-6-5-8-13(15(16)17)11-12-7-3-4-9-14(12)19-2/h3-4,7,9,13H,5-6,8,10-11H2,1-2H3,(H,16,17). The highest BCUT2D eigenvalue weighted by molar-refractivity contribution is 5.70. The summed E-state index contributed by atoms with van der Waals surface area (Å²) >= 11 is 0. The molecular weight excluding hydrogens is 244 g/mol. The number of aliphatic carboxylic acids is 1.